The van der Waals surface area contributed by atoms with Crippen LogP contribution in [0.15, 0.2) is 18.2 Å². The van der Waals surface area contributed by atoms with Gasteiger partial charge in [0.15, 0.2) is 11.5 Å². The van der Waals surface area contributed by atoms with Gasteiger partial charge in [-0.2, -0.15) is 0 Å². The van der Waals surface area contributed by atoms with E-state index < -0.39 is 0 Å². The highest BCUT2D eigenvalue weighted by molar-refractivity contribution is 5.80. The molecule has 0 bridgehead atoms. The number of likely N-dealkylation sites (tertiary alicyclic amines) is 1. The summed E-state index contributed by atoms with van der Waals surface area (Å²) in [4.78, 5) is 26.0. The van der Waals surface area contributed by atoms with Crippen molar-refractivity contribution < 1.29 is 19.1 Å². The van der Waals surface area contributed by atoms with E-state index in [1.54, 1.807) is 4.90 Å². The fraction of sp³-hybridized carbons (Fsp3) is 0.579. The number of benzene rings is 1. The number of hydrogen-bond acceptors (Lipinski definition) is 5. The van der Waals surface area contributed by atoms with Gasteiger partial charge in [0.25, 0.3) is 0 Å². The van der Waals surface area contributed by atoms with Crippen LogP contribution in [0.1, 0.15) is 31.7 Å². The van der Waals surface area contributed by atoms with Crippen LogP contribution in [-0.2, 0) is 16.1 Å². The van der Waals surface area contributed by atoms with Crippen molar-refractivity contribution in [2.24, 2.45) is 11.7 Å². The minimum absolute atomic E-state index is 0.0388. The second kappa shape index (κ2) is 8.40. The monoisotopic (exact) mass is 361 g/mol. The molecule has 3 N–H and O–H groups in total. The van der Waals surface area contributed by atoms with Crippen LogP contribution in [0, 0.1) is 5.92 Å². The summed E-state index contributed by atoms with van der Waals surface area (Å²) in [6.45, 7) is 4.16. The Bertz CT molecular complexity index is 664. The second-order valence-electron chi connectivity index (χ2n) is 7.01. The van der Waals surface area contributed by atoms with Gasteiger partial charge >= 0.3 is 0 Å². The van der Waals surface area contributed by atoms with Crippen molar-refractivity contribution in [3.63, 3.8) is 0 Å². The number of amides is 2. The van der Waals surface area contributed by atoms with Gasteiger partial charge in [0.1, 0.15) is 0 Å². The first kappa shape index (κ1) is 18.5. The number of hydrogen-bond donors (Lipinski definition) is 2. The summed E-state index contributed by atoms with van der Waals surface area (Å²) in [5.74, 6) is 1.15. The third kappa shape index (κ3) is 4.66. The minimum Gasteiger partial charge on any atom is -0.490 e. The first-order valence-electron chi connectivity index (χ1n) is 9.20. The zero-order chi connectivity index (χ0) is 18.5. The number of rotatable bonds is 3. The molecule has 0 aromatic heterocycles. The second-order valence-corrected chi connectivity index (χ2v) is 7.01. The molecule has 2 amide bonds. The van der Waals surface area contributed by atoms with Gasteiger partial charge in [-0.25, -0.2) is 0 Å². The predicted molar refractivity (Wildman–Crippen MR) is 96.8 cm³/mol. The van der Waals surface area contributed by atoms with Gasteiger partial charge in [-0.3, -0.25) is 9.59 Å². The van der Waals surface area contributed by atoms with Crippen LogP contribution in [0.4, 0.5) is 0 Å². The van der Waals surface area contributed by atoms with Crippen LogP contribution in [0.2, 0.25) is 0 Å². The highest BCUT2D eigenvalue weighted by atomic mass is 16.5. The molecule has 7 nitrogen and oxygen atoms in total. The van der Waals surface area contributed by atoms with E-state index in [4.69, 9.17) is 15.2 Å². The van der Waals surface area contributed by atoms with Crippen molar-refractivity contribution in [3.05, 3.63) is 23.8 Å². The number of nitrogens with two attached hydrogens (primary N) is 1. The Morgan fingerprint density at radius 1 is 1.19 bits per heavy atom. The molecule has 2 heterocycles. The first-order chi connectivity index (χ1) is 12.5. The average Bonchev–Trinajstić information content (AvgIpc) is 2.97. The van der Waals surface area contributed by atoms with E-state index >= 15 is 0 Å². The lowest BCUT2D eigenvalue weighted by atomic mass is 10.0. The number of ether oxygens (including phenoxy) is 2. The first-order valence-corrected chi connectivity index (χ1v) is 9.20. The van der Waals surface area contributed by atoms with Crippen molar-refractivity contribution in [2.75, 3.05) is 26.3 Å². The third-order valence-electron chi connectivity index (χ3n) is 4.88. The molecular formula is C19H27N3O4. The Morgan fingerprint density at radius 3 is 2.73 bits per heavy atom. The molecule has 2 atom stereocenters. The normalized spacial score (nSPS) is 22.9. The zero-order valence-electron chi connectivity index (χ0n) is 15.2. The summed E-state index contributed by atoms with van der Waals surface area (Å²) in [7, 11) is 0. The molecule has 3 rings (SSSR count). The molecule has 0 saturated carbocycles. The van der Waals surface area contributed by atoms with E-state index in [1.165, 1.54) is 6.92 Å². The summed E-state index contributed by atoms with van der Waals surface area (Å²) in [5.41, 5.74) is 6.97. The number of fused-ring (bicyclic) bond motifs is 1. The zero-order valence-corrected chi connectivity index (χ0v) is 15.2. The van der Waals surface area contributed by atoms with E-state index in [0.717, 1.165) is 29.9 Å². The molecule has 0 spiro atoms. The lowest BCUT2D eigenvalue weighted by Crippen LogP contribution is -2.42. The highest BCUT2D eigenvalue weighted by Crippen LogP contribution is 2.30. The van der Waals surface area contributed by atoms with Crippen molar-refractivity contribution in [1.82, 2.24) is 10.2 Å². The number of carbonyl (C=O) groups excluding carboxylic acids is 2. The van der Waals surface area contributed by atoms with Crippen molar-refractivity contribution in [2.45, 2.75) is 38.8 Å². The van der Waals surface area contributed by atoms with Gasteiger partial charge in [-0.1, -0.05) is 6.07 Å². The van der Waals surface area contributed by atoms with Crippen LogP contribution < -0.4 is 20.5 Å². The molecule has 1 aromatic carbocycles. The molecule has 0 radical (unpaired) electrons. The summed E-state index contributed by atoms with van der Waals surface area (Å²) in [6.07, 6.45) is 2.29. The van der Waals surface area contributed by atoms with Crippen LogP contribution in [0.3, 0.4) is 0 Å². The Kier molecular flexibility index (Phi) is 5.98. The molecule has 1 aromatic rings. The maximum Gasteiger partial charge on any atom is 0.225 e. The van der Waals surface area contributed by atoms with Gasteiger partial charge in [-0.05, 0) is 30.5 Å². The van der Waals surface area contributed by atoms with Crippen molar-refractivity contribution in [1.29, 1.82) is 0 Å². The van der Waals surface area contributed by atoms with Gasteiger partial charge in [-0.15, -0.1) is 0 Å². The SMILES string of the molecule is CC(=O)N1C[C@@H](N)CC[C@@H](C(=O)NCc2ccc3c(c2)OCCCO3)C1. The molecular weight excluding hydrogens is 334 g/mol. The van der Waals surface area contributed by atoms with E-state index in [0.29, 0.717) is 39.3 Å². The largest absolute Gasteiger partial charge is 0.490 e. The Morgan fingerprint density at radius 2 is 1.96 bits per heavy atom. The molecule has 1 fully saturated rings. The summed E-state index contributed by atoms with van der Waals surface area (Å²) >= 11 is 0. The van der Waals surface area contributed by atoms with E-state index in [9.17, 15) is 9.59 Å². The standard InChI is InChI=1S/C19H27N3O4/c1-13(23)22-11-15(4-5-16(20)12-22)19(24)21-10-14-3-6-17-18(9-14)26-8-2-7-25-17/h3,6,9,15-16H,2,4-5,7-8,10-12,20H2,1H3,(H,21,24)/t15-,16+/m1/s1. The summed E-state index contributed by atoms with van der Waals surface area (Å²) < 4.78 is 11.3. The number of carbonyl (C=O) groups is 2. The molecule has 7 heteroatoms. The lowest BCUT2D eigenvalue weighted by molar-refractivity contribution is -0.131. The smallest absolute Gasteiger partial charge is 0.225 e. The number of nitrogens with zero attached hydrogens (tertiary/aromatic N) is 1. The maximum absolute atomic E-state index is 12.6. The van der Waals surface area contributed by atoms with Crippen LogP contribution >= 0.6 is 0 Å². The van der Waals surface area contributed by atoms with Crippen LogP contribution in [0.25, 0.3) is 0 Å². The summed E-state index contributed by atoms with van der Waals surface area (Å²) in [6, 6.07) is 5.65. The third-order valence-corrected chi connectivity index (χ3v) is 4.88. The predicted octanol–water partition coefficient (Wildman–Crippen LogP) is 1.05. The van der Waals surface area contributed by atoms with E-state index in [2.05, 4.69) is 5.32 Å². The molecule has 26 heavy (non-hydrogen) atoms. The van der Waals surface area contributed by atoms with Crippen LogP contribution in [0.5, 0.6) is 11.5 Å². The molecule has 2 aliphatic heterocycles. The van der Waals surface area contributed by atoms with Gasteiger partial charge < -0.3 is 25.4 Å². The average molecular weight is 361 g/mol. The Balaban J connectivity index is 1.59. The fourth-order valence-electron chi connectivity index (χ4n) is 3.34. The van der Waals surface area contributed by atoms with Crippen molar-refractivity contribution >= 4 is 11.8 Å². The molecule has 142 valence electrons. The van der Waals surface area contributed by atoms with Gasteiger partial charge in [0, 0.05) is 39.0 Å². The molecule has 0 aliphatic carbocycles. The van der Waals surface area contributed by atoms with Gasteiger partial charge in [0.2, 0.25) is 11.8 Å². The maximum atomic E-state index is 12.6. The summed E-state index contributed by atoms with van der Waals surface area (Å²) in [5, 5.41) is 2.98. The lowest BCUT2D eigenvalue weighted by Gasteiger charge is -2.23. The van der Waals surface area contributed by atoms with Crippen LogP contribution in [-0.4, -0.2) is 49.1 Å². The Labute approximate surface area is 153 Å². The van der Waals surface area contributed by atoms with E-state index in [1.807, 2.05) is 18.2 Å². The Hall–Kier alpha value is -2.28. The van der Waals surface area contributed by atoms with E-state index in [-0.39, 0.29) is 23.8 Å². The van der Waals surface area contributed by atoms with Crippen molar-refractivity contribution in [3.8, 4) is 11.5 Å². The van der Waals surface area contributed by atoms with Gasteiger partial charge in [0.05, 0.1) is 19.1 Å². The highest BCUT2D eigenvalue weighted by Gasteiger charge is 2.28. The molecule has 1 saturated heterocycles. The molecule has 0 unspecified atom stereocenters. The minimum atomic E-state index is -0.229. The topological polar surface area (TPSA) is 93.9 Å². The fourth-order valence-corrected chi connectivity index (χ4v) is 3.34. The quantitative estimate of drug-likeness (QED) is 0.839. The number of nitrogens with one attached hydrogen (secondary N) is 1. The molecule has 2 aliphatic rings.